The Morgan fingerprint density at radius 1 is 0.939 bits per heavy atom. The molecule has 2 heterocycles. The largest absolute Gasteiger partial charge is 0.324 e. The quantitative estimate of drug-likeness (QED) is 0.377. The Bertz CT molecular complexity index is 1440. The summed E-state index contributed by atoms with van der Waals surface area (Å²) in [4.78, 5) is 26.8. The van der Waals surface area contributed by atoms with E-state index >= 15 is 0 Å². The minimum Gasteiger partial charge on any atom is -0.322 e. The van der Waals surface area contributed by atoms with Gasteiger partial charge in [-0.2, -0.15) is 5.10 Å². The van der Waals surface area contributed by atoms with Crippen molar-refractivity contribution in [1.82, 2.24) is 14.8 Å². The maximum absolute atomic E-state index is 13.9. The first kappa shape index (κ1) is 22.1. The van der Waals surface area contributed by atoms with Crippen LogP contribution in [0.2, 0.25) is 0 Å². The van der Waals surface area contributed by atoms with Crippen LogP contribution in [0.15, 0.2) is 53.3 Å². The topological polar surface area (TPSA) is 91.8 Å². The SMILES string of the molecule is CC(C)(C)c1cc(NC(=O)Nc2cc(F)c(F)cc2F)n(-c2ccc3[nH]c(=O)ccc3c2)n1. The van der Waals surface area contributed by atoms with Crippen LogP contribution in [-0.4, -0.2) is 20.8 Å². The number of benzene rings is 2. The second-order valence-electron chi connectivity index (χ2n) is 8.50. The molecule has 0 aliphatic rings. The molecule has 0 unspecified atom stereocenters. The summed E-state index contributed by atoms with van der Waals surface area (Å²) in [6.45, 7) is 5.85. The second-order valence-corrected chi connectivity index (χ2v) is 8.50. The van der Waals surface area contributed by atoms with Crippen molar-refractivity contribution in [3.63, 3.8) is 0 Å². The number of pyridine rings is 1. The lowest BCUT2D eigenvalue weighted by molar-refractivity contribution is 0.262. The van der Waals surface area contributed by atoms with Gasteiger partial charge < -0.3 is 10.3 Å². The highest BCUT2D eigenvalue weighted by molar-refractivity contribution is 5.99. The molecule has 0 atom stereocenters. The van der Waals surface area contributed by atoms with Crippen LogP contribution in [0.3, 0.4) is 0 Å². The number of carbonyl (C=O) groups excluding carboxylic acids is 1. The normalized spacial score (nSPS) is 11.6. The number of fused-ring (bicyclic) bond motifs is 1. The van der Waals surface area contributed by atoms with Crippen molar-refractivity contribution in [2.45, 2.75) is 26.2 Å². The molecule has 0 spiro atoms. The first-order chi connectivity index (χ1) is 15.5. The first-order valence-corrected chi connectivity index (χ1v) is 9.98. The Balaban J connectivity index is 1.70. The molecule has 4 aromatic rings. The van der Waals surface area contributed by atoms with Crippen molar-refractivity contribution in [3.05, 3.63) is 82.0 Å². The van der Waals surface area contributed by atoms with Gasteiger partial charge in [0.1, 0.15) is 11.6 Å². The average Bonchev–Trinajstić information content (AvgIpc) is 3.15. The van der Waals surface area contributed by atoms with Crippen LogP contribution in [0.25, 0.3) is 16.6 Å². The molecule has 10 heteroatoms. The van der Waals surface area contributed by atoms with Gasteiger partial charge in [0, 0.05) is 40.6 Å². The van der Waals surface area contributed by atoms with E-state index in [-0.39, 0.29) is 16.8 Å². The van der Waals surface area contributed by atoms with Crippen molar-refractivity contribution in [2.75, 3.05) is 10.6 Å². The highest BCUT2D eigenvalue weighted by Gasteiger charge is 2.22. The molecule has 170 valence electrons. The summed E-state index contributed by atoms with van der Waals surface area (Å²) in [6, 6.07) is 9.99. The van der Waals surface area contributed by atoms with Gasteiger partial charge in [-0.05, 0) is 24.3 Å². The summed E-state index contributed by atoms with van der Waals surface area (Å²) in [7, 11) is 0. The number of rotatable bonds is 3. The van der Waals surface area contributed by atoms with Crippen molar-refractivity contribution in [2.24, 2.45) is 0 Å². The molecular weight excluding hydrogens is 435 g/mol. The average molecular weight is 455 g/mol. The van der Waals surface area contributed by atoms with E-state index in [9.17, 15) is 22.8 Å². The third-order valence-electron chi connectivity index (χ3n) is 4.93. The molecule has 0 saturated heterocycles. The van der Waals surface area contributed by atoms with Crippen molar-refractivity contribution < 1.29 is 18.0 Å². The van der Waals surface area contributed by atoms with Gasteiger partial charge >= 0.3 is 6.03 Å². The minimum atomic E-state index is -1.36. The molecule has 0 fully saturated rings. The van der Waals surface area contributed by atoms with E-state index in [1.54, 1.807) is 30.3 Å². The number of H-pyrrole nitrogens is 1. The van der Waals surface area contributed by atoms with Crippen LogP contribution >= 0.6 is 0 Å². The number of carbonyl (C=O) groups is 1. The lowest BCUT2D eigenvalue weighted by Crippen LogP contribution is -2.22. The lowest BCUT2D eigenvalue weighted by Gasteiger charge is -2.14. The number of aromatic amines is 1. The summed E-state index contributed by atoms with van der Waals surface area (Å²) in [6.07, 6.45) is 0. The van der Waals surface area contributed by atoms with Gasteiger partial charge in [-0.15, -0.1) is 0 Å². The monoisotopic (exact) mass is 455 g/mol. The van der Waals surface area contributed by atoms with Gasteiger partial charge in [0.15, 0.2) is 11.6 Å². The number of nitrogens with zero attached hydrogens (tertiary/aromatic N) is 2. The molecule has 0 aliphatic carbocycles. The fourth-order valence-corrected chi connectivity index (χ4v) is 3.20. The third kappa shape index (κ3) is 4.59. The fraction of sp³-hybridized carbons (Fsp3) is 0.174. The van der Waals surface area contributed by atoms with Crippen LogP contribution in [0.5, 0.6) is 0 Å². The molecule has 2 aromatic heterocycles. The Kier molecular flexibility index (Phi) is 5.44. The molecule has 3 N–H and O–H groups in total. The van der Waals surface area contributed by atoms with Gasteiger partial charge in [0.25, 0.3) is 0 Å². The molecule has 2 amide bonds. The Morgan fingerprint density at radius 3 is 2.39 bits per heavy atom. The van der Waals surface area contributed by atoms with E-state index in [2.05, 4.69) is 20.7 Å². The fourth-order valence-electron chi connectivity index (χ4n) is 3.20. The van der Waals surface area contributed by atoms with E-state index in [1.165, 1.54) is 10.7 Å². The molecule has 0 aliphatic heterocycles. The van der Waals surface area contributed by atoms with Gasteiger partial charge in [0.05, 0.1) is 17.1 Å². The van der Waals surface area contributed by atoms with E-state index in [4.69, 9.17) is 0 Å². The van der Waals surface area contributed by atoms with Gasteiger partial charge in [-0.1, -0.05) is 20.8 Å². The van der Waals surface area contributed by atoms with Crippen LogP contribution in [-0.2, 0) is 5.41 Å². The van der Waals surface area contributed by atoms with Crippen LogP contribution in [0.4, 0.5) is 29.5 Å². The third-order valence-corrected chi connectivity index (χ3v) is 4.93. The Morgan fingerprint density at radius 2 is 1.67 bits per heavy atom. The van der Waals surface area contributed by atoms with Gasteiger partial charge in [0.2, 0.25) is 5.56 Å². The van der Waals surface area contributed by atoms with Crippen LogP contribution in [0, 0.1) is 17.5 Å². The summed E-state index contributed by atoms with van der Waals surface area (Å²) in [5.74, 6) is -3.49. The zero-order valence-corrected chi connectivity index (χ0v) is 18.0. The zero-order valence-electron chi connectivity index (χ0n) is 18.0. The highest BCUT2D eigenvalue weighted by Crippen LogP contribution is 2.28. The maximum Gasteiger partial charge on any atom is 0.324 e. The number of nitrogens with one attached hydrogen (secondary N) is 3. The predicted octanol–water partition coefficient (Wildman–Crippen LogP) is 5.07. The van der Waals surface area contributed by atoms with Crippen molar-refractivity contribution in [3.8, 4) is 5.69 Å². The number of urea groups is 1. The van der Waals surface area contributed by atoms with E-state index < -0.39 is 29.2 Å². The summed E-state index contributed by atoms with van der Waals surface area (Å²) in [5, 5.41) is 10.1. The maximum atomic E-state index is 13.9. The van der Waals surface area contributed by atoms with Crippen molar-refractivity contribution in [1.29, 1.82) is 0 Å². The lowest BCUT2D eigenvalue weighted by atomic mass is 9.92. The second kappa shape index (κ2) is 8.12. The molecule has 4 rings (SSSR count). The number of anilines is 2. The Hall–Kier alpha value is -4.08. The number of aromatic nitrogens is 3. The van der Waals surface area contributed by atoms with Gasteiger partial charge in [-0.3, -0.25) is 10.1 Å². The molecule has 33 heavy (non-hydrogen) atoms. The number of hydrogen-bond donors (Lipinski definition) is 3. The summed E-state index contributed by atoms with van der Waals surface area (Å²) in [5.41, 5.74) is 0.802. The molecule has 0 bridgehead atoms. The standard InChI is InChI=1S/C23H20F3N5O2/c1-23(2,3)19-11-20(29-22(33)28-18-10-15(25)14(24)9-16(18)26)31(30-19)13-5-6-17-12(8-13)4-7-21(32)27-17/h4-11H,1-3H3,(H,27,32)(H2,28,29,33). The van der Waals surface area contributed by atoms with E-state index in [0.29, 0.717) is 29.0 Å². The predicted molar refractivity (Wildman–Crippen MR) is 119 cm³/mol. The Labute approximate surface area is 186 Å². The van der Waals surface area contributed by atoms with E-state index in [0.717, 1.165) is 5.39 Å². The van der Waals surface area contributed by atoms with Crippen molar-refractivity contribution >= 4 is 28.4 Å². The molecule has 0 radical (unpaired) electrons. The minimum absolute atomic E-state index is 0.229. The van der Waals surface area contributed by atoms with Crippen LogP contribution < -0.4 is 16.2 Å². The summed E-state index contributed by atoms with van der Waals surface area (Å²) >= 11 is 0. The highest BCUT2D eigenvalue weighted by atomic mass is 19.2. The van der Waals surface area contributed by atoms with Crippen LogP contribution in [0.1, 0.15) is 26.5 Å². The first-order valence-electron chi connectivity index (χ1n) is 9.98. The number of halogens is 3. The number of hydrogen-bond acceptors (Lipinski definition) is 3. The number of amides is 2. The molecule has 0 saturated carbocycles. The molecule has 2 aromatic carbocycles. The zero-order chi connectivity index (χ0) is 23.9. The molecular formula is C23H20F3N5O2. The smallest absolute Gasteiger partial charge is 0.322 e. The molecule has 7 nitrogen and oxygen atoms in total. The van der Waals surface area contributed by atoms with E-state index in [1.807, 2.05) is 20.8 Å². The summed E-state index contributed by atoms with van der Waals surface area (Å²) < 4.78 is 42.0. The van der Waals surface area contributed by atoms with Gasteiger partial charge in [-0.25, -0.2) is 22.6 Å².